The van der Waals surface area contributed by atoms with Crippen molar-refractivity contribution in [2.75, 3.05) is 0 Å². The van der Waals surface area contributed by atoms with Crippen LogP contribution < -0.4 is 0 Å². The summed E-state index contributed by atoms with van der Waals surface area (Å²) in [5, 5.41) is 4.34. The lowest BCUT2D eigenvalue weighted by Gasteiger charge is -2.14. The van der Waals surface area contributed by atoms with Crippen LogP contribution in [0.15, 0.2) is 243 Å². The summed E-state index contributed by atoms with van der Waals surface area (Å²) in [4.78, 5) is 21.1. The summed E-state index contributed by atoms with van der Waals surface area (Å²) in [6, 6.07) is 85.1. The smallest absolute Gasteiger partial charge is 0.160 e. The summed E-state index contributed by atoms with van der Waals surface area (Å²) in [6.45, 7) is 0. The predicted molar refractivity (Wildman–Crippen MR) is 274 cm³/mol. The molecule has 0 atom stereocenters. The SMILES string of the molecule is c1ccc(-c2ccc(-c3cc(-c4ccc(-c5ccc6nc(-c7ccccc7)c7c(ccc8ccc(-c9ccccc9)nc87)c6c5)cc4)nc(-c4ccc(-c5ccccc5)cc4)n3)cc2)cc1. The Bertz CT molecular complexity index is 3590. The van der Waals surface area contributed by atoms with Gasteiger partial charge in [0.15, 0.2) is 5.82 Å². The third-order valence-corrected chi connectivity index (χ3v) is 12.5. The summed E-state index contributed by atoms with van der Waals surface area (Å²) in [5.41, 5.74) is 17.5. The van der Waals surface area contributed by atoms with Crippen molar-refractivity contribution in [3.05, 3.63) is 243 Å². The highest BCUT2D eigenvalue weighted by Crippen LogP contribution is 2.39. The van der Waals surface area contributed by atoms with Crippen LogP contribution in [-0.4, -0.2) is 19.9 Å². The molecule has 0 amide bonds. The second-order valence-electron chi connectivity index (χ2n) is 16.6. The summed E-state index contributed by atoms with van der Waals surface area (Å²) >= 11 is 0. The predicted octanol–water partition coefficient (Wildman–Crippen LogP) is 16.1. The minimum Gasteiger partial charge on any atom is -0.247 e. The van der Waals surface area contributed by atoms with E-state index in [0.717, 1.165) is 105 Å². The molecule has 0 saturated carbocycles. The van der Waals surface area contributed by atoms with E-state index in [9.17, 15) is 0 Å². The van der Waals surface area contributed by atoms with Crippen LogP contribution in [0.2, 0.25) is 0 Å². The third-order valence-electron chi connectivity index (χ3n) is 12.5. The fraction of sp³-hybridized carbons (Fsp3) is 0. The quantitative estimate of drug-likeness (QED) is 0.143. The summed E-state index contributed by atoms with van der Waals surface area (Å²) in [6.07, 6.45) is 0. The Morgan fingerprint density at radius 2 is 0.667 bits per heavy atom. The number of hydrogen-bond donors (Lipinski definition) is 0. The van der Waals surface area contributed by atoms with E-state index in [4.69, 9.17) is 19.9 Å². The van der Waals surface area contributed by atoms with Crippen molar-refractivity contribution in [3.63, 3.8) is 0 Å². The van der Waals surface area contributed by atoms with Crippen molar-refractivity contribution in [1.29, 1.82) is 0 Å². The Balaban J connectivity index is 0.945. The number of fused-ring (bicyclic) bond motifs is 5. The first-order chi connectivity index (χ1) is 32.7. The molecule has 12 rings (SSSR count). The Hall–Kier alpha value is -8.86. The first-order valence-electron chi connectivity index (χ1n) is 22.3. The standard InChI is InChI=1S/C62H40N4/c1-5-13-41(14-6-1)43-21-27-47(28-22-43)57-40-58(66-62(65-57)51-31-25-44(26-32-51)42-15-7-2-8-16-42)48-29-23-45(24-30-48)52-35-38-56-54(39-52)53-36-33-50-34-37-55(46-17-9-3-10-18-46)63-61(50)59(53)60(64-56)49-19-11-4-12-20-49/h1-40H. The Labute approximate surface area is 383 Å². The lowest BCUT2D eigenvalue weighted by atomic mass is 9.94. The van der Waals surface area contributed by atoms with E-state index in [0.29, 0.717) is 5.82 Å². The van der Waals surface area contributed by atoms with Crippen LogP contribution in [-0.2, 0) is 0 Å². The Morgan fingerprint density at radius 3 is 1.23 bits per heavy atom. The van der Waals surface area contributed by atoms with Gasteiger partial charge in [-0.1, -0.05) is 218 Å². The molecule has 308 valence electrons. The summed E-state index contributed by atoms with van der Waals surface area (Å²) in [7, 11) is 0. The maximum atomic E-state index is 5.37. The van der Waals surface area contributed by atoms with Gasteiger partial charge in [-0.15, -0.1) is 0 Å². The molecule has 66 heavy (non-hydrogen) atoms. The van der Waals surface area contributed by atoms with Gasteiger partial charge in [-0.3, -0.25) is 0 Å². The molecular weight excluding hydrogens is 801 g/mol. The van der Waals surface area contributed by atoms with Crippen molar-refractivity contribution in [1.82, 2.24) is 19.9 Å². The van der Waals surface area contributed by atoms with Crippen molar-refractivity contribution in [2.24, 2.45) is 0 Å². The molecule has 0 aliphatic rings. The molecular formula is C62H40N4. The molecule has 0 unspecified atom stereocenters. The Morgan fingerprint density at radius 1 is 0.242 bits per heavy atom. The zero-order valence-electron chi connectivity index (χ0n) is 35.9. The monoisotopic (exact) mass is 840 g/mol. The maximum Gasteiger partial charge on any atom is 0.160 e. The van der Waals surface area contributed by atoms with Crippen molar-refractivity contribution < 1.29 is 0 Å². The average molecular weight is 841 g/mol. The van der Waals surface area contributed by atoms with Gasteiger partial charge in [0.25, 0.3) is 0 Å². The molecule has 4 heteroatoms. The van der Waals surface area contributed by atoms with Crippen LogP contribution in [0.3, 0.4) is 0 Å². The normalized spacial score (nSPS) is 11.3. The van der Waals surface area contributed by atoms with Gasteiger partial charge in [0.1, 0.15) is 0 Å². The molecule has 12 aromatic rings. The van der Waals surface area contributed by atoms with Gasteiger partial charge in [0.05, 0.1) is 33.8 Å². The Kier molecular flexibility index (Phi) is 9.81. The number of nitrogens with zero attached hydrogens (tertiary/aromatic N) is 4. The molecule has 0 fully saturated rings. The minimum absolute atomic E-state index is 0.681. The minimum atomic E-state index is 0.681. The van der Waals surface area contributed by atoms with Gasteiger partial charge in [-0.05, 0) is 63.0 Å². The van der Waals surface area contributed by atoms with Gasteiger partial charge in [-0.25, -0.2) is 19.9 Å². The topological polar surface area (TPSA) is 51.6 Å². The van der Waals surface area contributed by atoms with E-state index in [1.54, 1.807) is 0 Å². The maximum absolute atomic E-state index is 5.37. The molecule has 0 aliphatic heterocycles. The van der Waals surface area contributed by atoms with E-state index in [2.05, 4.69) is 218 Å². The number of pyridine rings is 2. The average Bonchev–Trinajstić information content (AvgIpc) is 3.41. The fourth-order valence-corrected chi connectivity index (χ4v) is 9.04. The van der Waals surface area contributed by atoms with Gasteiger partial charge in [0.2, 0.25) is 0 Å². The zero-order chi connectivity index (χ0) is 43.8. The van der Waals surface area contributed by atoms with E-state index in [1.165, 1.54) is 11.1 Å². The molecule has 0 saturated heterocycles. The molecule has 0 aliphatic carbocycles. The largest absolute Gasteiger partial charge is 0.247 e. The van der Waals surface area contributed by atoms with E-state index in [-0.39, 0.29) is 0 Å². The van der Waals surface area contributed by atoms with Crippen LogP contribution >= 0.6 is 0 Å². The summed E-state index contributed by atoms with van der Waals surface area (Å²) < 4.78 is 0. The molecule has 3 heterocycles. The number of aromatic nitrogens is 4. The second-order valence-corrected chi connectivity index (χ2v) is 16.6. The van der Waals surface area contributed by atoms with Gasteiger partial charge < -0.3 is 0 Å². The number of rotatable bonds is 8. The highest BCUT2D eigenvalue weighted by molar-refractivity contribution is 6.20. The molecule has 4 nitrogen and oxygen atoms in total. The van der Waals surface area contributed by atoms with Crippen LogP contribution in [0, 0.1) is 0 Å². The lowest BCUT2D eigenvalue weighted by Crippen LogP contribution is -1.96. The van der Waals surface area contributed by atoms with Crippen LogP contribution in [0.4, 0.5) is 0 Å². The van der Waals surface area contributed by atoms with E-state index in [1.807, 2.05) is 24.3 Å². The van der Waals surface area contributed by atoms with Gasteiger partial charge in [0, 0.05) is 44.0 Å². The van der Waals surface area contributed by atoms with Crippen molar-refractivity contribution in [3.8, 4) is 89.8 Å². The van der Waals surface area contributed by atoms with Crippen LogP contribution in [0.1, 0.15) is 0 Å². The first kappa shape index (κ1) is 38.8. The molecule has 0 radical (unpaired) electrons. The molecule has 0 N–H and O–H groups in total. The fourth-order valence-electron chi connectivity index (χ4n) is 9.04. The number of benzene rings is 9. The highest BCUT2D eigenvalue weighted by atomic mass is 14.9. The molecule has 0 spiro atoms. The molecule has 9 aromatic carbocycles. The third kappa shape index (κ3) is 7.36. The van der Waals surface area contributed by atoms with E-state index < -0.39 is 0 Å². The molecule has 3 aromatic heterocycles. The van der Waals surface area contributed by atoms with Gasteiger partial charge >= 0.3 is 0 Å². The van der Waals surface area contributed by atoms with Crippen molar-refractivity contribution in [2.45, 2.75) is 0 Å². The zero-order valence-corrected chi connectivity index (χ0v) is 35.9. The second kappa shape index (κ2) is 16.7. The first-order valence-corrected chi connectivity index (χ1v) is 22.3. The van der Waals surface area contributed by atoms with Crippen LogP contribution in [0.25, 0.3) is 122 Å². The lowest BCUT2D eigenvalue weighted by molar-refractivity contribution is 1.18. The molecule has 0 bridgehead atoms. The van der Waals surface area contributed by atoms with Crippen LogP contribution in [0.5, 0.6) is 0 Å². The van der Waals surface area contributed by atoms with Gasteiger partial charge in [-0.2, -0.15) is 0 Å². The van der Waals surface area contributed by atoms with Crippen molar-refractivity contribution >= 4 is 32.6 Å². The highest BCUT2D eigenvalue weighted by Gasteiger charge is 2.17. The summed E-state index contributed by atoms with van der Waals surface area (Å²) in [5.74, 6) is 0.681. The van der Waals surface area contributed by atoms with E-state index >= 15 is 0 Å². The number of hydrogen-bond acceptors (Lipinski definition) is 4.